The van der Waals surface area contributed by atoms with Crippen LogP contribution in [0.1, 0.15) is 0 Å². The highest BCUT2D eigenvalue weighted by Gasteiger charge is 2.07. The molecule has 0 atom stereocenters. The topological polar surface area (TPSA) is 69.9 Å². The van der Waals surface area contributed by atoms with Crippen LogP contribution in [0.5, 0.6) is 0 Å². The van der Waals surface area contributed by atoms with E-state index in [9.17, 15) is 4.39 Å². The molecule has 0 bridgehead atoms. The fraction of sp³-hybridized carbons (Fsp3) is 0. The third kappa shape index (κ3) is 0.931. The predicted octanol–water partition coefficient (Wildman–Crippen LogP) is 0.582. The lowest BCUT2D eigenvalue weighted by atomic mass is 10.5. The Morgan fingerprint density at radius 1 is 1.50 bits per heavy atom. The van der Waals surface area contributed by atoms with Crippen molar-refractivity contribution in [3.8, 4) is 5.69 Å². The highest BCUT2D eigenvalue weighted by atomic mass is 19.1. The van der Waals surface area contributed by atoms with Crippen molar-refractivity contribution in [3.05, 3.63) is 24.4 Å². The number of halogens is 1. The third-order valence-corrected chi connectivity index (χ3v) is 1.38. The maximum absolute atomic E-state index is 12.5. The van der Waals surface area contributed by atoms with Crippen molar-refractivity contribution in [2.24, 2.45) is 0 Å². The highest BCUT2D eigenvalue weighted by Crippen LogP contribution is 2.14. The Bertz CT molecular complexity index is 394. The number of nitrogen functional groups attached to an aromatic ring is 1. The van der Waals surface area contributed by atoms with E-state index in [4.69, 9.17) is 5.73 Å². The molecule has 0 aliphatic heterocycles. The van der Waals surface area contributed by atoms with E-state index < -0.39 is 5.82 Å². The molecule has 0 aliphatic carbocycles. The predicted molar refractivity (Wildman–Crippen MR) is 38.0 cm³/mol. The SMILES string of the molecule is Nc1oncc1-n1cc(F)cn1. The van der Waals surface area contributed by atoms with E-state index in [0.717, 1.165) is 6.20 Å². The standard InChI is InChI=1S/C6H5FN4O/c7-4-1-9-11(3-4)5-2-10-12-6(5)8/h1-3H,8H2. The molecule has 2 N–H and O–H groups in total. The zero-order valence-corrected chi connectivity index (χ0v) is 5.94. The maximum Gasteiger partial charge on any atom is 0.248 e. The van der Waals surface area contributed by atoms with Crippen molar-refractivity contribution in [1.82, 2.24) is 14.9 Å². The van der Waals surface area contributed by atoms with Crippen LogP contribution in [-0.4, -0.2) is 14.9 Å². The molecule has 6 heteroatoms. The summed E-state index contributed by atoms with van der Waals surface area (Å²) in [6.07, 6.45) is 3.62. The quantitative estimate of drug-likeness (QED) is 0.676. The third-order valence-electron chi connectivity index (χ3n) is 1.38. The Balaban J connectivity index is 2.50. The van der Waals surface area contributed by atoms with Gasteiger partial charge in [-0.2, -0.15) is 5.10 Å². The van der Waals surface area contributed by atoms with Crippen LogP contribution >= 0.6 is 0 Å². The summed E-state index contributed by atoms with van der Waals surface area (Å²) in [7, 11) is 0. The molecule has 0 saturated carbocycles. The van der Waals surface area contributed by atoms with Crippen molar-refractivity contribution >= 4 is 5.88 Å². The van der Waals surface area contributed by atoms with Crippen LogP contribution in [-0.2, 0) is 0 Å². The number of nitrogens with two attached hydrogens (primary N) is 1. The summed E-state index contributed by atoms with van der Waals surface area (Å²) in [5.74, 6) is -0.325. The van der Waals surface area contributed by atoms with Gasteiger partial charge in [0, 0.05) is 0 Å². The second-order valence-corrected chi connectivity index (χ2v) is 2.18. The van der Waals surface area contributed by atoms with Gasteiger partial charge in [-0.25, -0.2) is 9.07 Å². The summed E-state index contributed by atoms with van der Waals surface area (Å²) in [6.45, 7) is 0. The molecule has 2 aromatic rings. The second-order valence-electron chi connectivity index (χ2n) is 2.18. The van der Waals surface area contributed by atoms with Crippen LogP contribution in [0.3, 0.4) is 0 Å². The summed E-state index contributed by atoms with van der Waals surface area (Å²) in [6, 6.07) is 0. The van der Waals surface area contributed by atoms with Crippen LogP contribution in [0.2, 0.25) is 0 Å². The average Bonchev–Trinajstić information content (AvgIpc) is 2.58. The minimum Gasteiger partial charge on any atom is -0.366 e. The van der Waals surface area contributed by atoms with Gasteiger partial charge in [0.15, 0.2) is 5.82 Å². The maximum atomic E-state index is 12.5. The lowest BCUT2D eigenvalue weighted by Crippen LogP contribution is -1.96. The lowest BCUT2D eigenvalue weighted by molar-refractivity contribution is 0.436. The van der Waals surface area contributed by atoms with Crippen LogP contribution in [0.25, 0.3) is 5.69 Å². The summed E-state index contributed by atoms with van der Waals surface area (Å²) in [4.78, 5) is 0. The van der Waals surface area contributed by atoms with Crippen molar-refractivity contribution < 1.29 is 8.91 Å². The highest BCUT2D eigenvalue weighted by molar-refractivity contribution is 5.46. The van der Waals surface area contributed by atoms with Crippen molar-refractivity contribution in [2.45, 2.75) is 0 Å². The molecule has 0 fully saturated rings. The van der Waals surface area contributed by atoms with Crippen molar-refractivity contribution in [1.29, 1.82) is 0 Å². The minimum absolute atomic E-state index is 0.109. The summed E-state index contributed by atoms with van der Waals surface area (Å²) in [5.41, 5.74) is 5.80. The molecule has 0 aromatic carbocycles. The fourth-order valence-electron chi connectivity index (χ4n) is 0.848. The molecule has 12 heavy (non-hydrogen) atoms. The molecule has 0 saturated heterocycles. The first-order valence-corrected chi connectivity index (χ1v) is 3.18. The number of aromatic nitrogens is 3. The Labute approximate surface area is 66.6 Å². The Morgan fingerprint density at radius 2 is 2.33 bits per heavy atom. The van der Waals surface area contributed by atoms with Gasteiger partial charge in [-0.15, -0.1) is 0 Å². The summed E-state index contributed by atoms with van der Waals surface area (Å²) < 4.78 is 18.3. The molecule has 0 radical (unpaired) electrons. The molecule has 2 rings (SSSR count). The number of nitrogens with zero attached hydrogens (tertiary/aromatic N) is 3. The molecule has 0 spiro atoms. The van der Waals surface area contributed by atoms with Gasteiger partial charge in [0.1, 0.15) is 5.69 Å². The molecular formula is C6H5FN4O. The summed E-state index contributed by atoms with van der Waals surface area (Å²) >= 11 is 0. The van der Waals surface area contributed by atoms with Crippen LogP contribution in [0, 0.1) is 5.82 Å². The minimum atomic E-state index is -0.435. The van der Waals surface area contributed by atoms with E-state index in [0.29, 0.717) is 5.69 Å². The second kappa shape index (κ2) is 2.33. The molecule has 0 unspecified atom stereocenters. The number of rotatable bonds is 1. The van der Waals surface area contributed by atoms with Gasteiger partial charge in [-0.1, -0.05) is 5.16 Å². The van der Waals surface area contributed by atoms with Gasteiger partial charge in [0.2, 0.25) is 5.88 Å². The van der Waals surface area contributed by atoms with Crippen LogP contribution in [0.4, 0.5) is 10.3 Å². The Hall–Kier alpha value is -1.85. The van der Waals surface area contributed by atoms with Crippen LogP contribution in [0.15, 0.2) is 23.1 Å². The lowest BCUT2D eigenvalue weighted by Gasteiger charge is -1.93. The zero-order chi connectivity index (χ0) is 8.55. The molecule has 0 aliphatic rings. The van der Waals surface area contributed by atoms with Gasteiger partial charge in [-0.3, -0.25) is 0 Å². The average molecular weight is 168 g/mol. The largest absolute Gasteiger partial charge is 0.366 e. The number of hydrogen-bond donors (Lipinski definition) is 1. The molecular weight excluding hydrogens is 163 g/mol. The van der Waals surface area contributed by atoms with Gasteiger partial charge in [0.05, 0.1) is 18.6 Å². The van der Waals surface area contributed by atoms with E-state index in [1.165, 1.54) is 17.1 Å². The number of anilines is 1. The van der Waals surface area contributed by atoms with E-state index >= 15 is 0 Å². The first-order chi connectivity index (χ1) is 5.77. The molecule has 5 nitrogen and oxygen atoms in total. The normalized spacial score (nSPS) is 10.4. The van der Waals surface area contributed by atoms with Gasteiger partial charge >= 0.3 is 0 Å². The molecule has 0 amide bonds. The van der Waals surface area contributed by atoms with Crippen LogP contribution < -0.4 is 5.73 Å². The monoisotopic (exact) mass is 168 g/mol. The number of hydrogen-bond acceptors (Lipinski definition) is 4. The van der Waals surface area contributed by atoms with Crippen molar-refractivity contribution in [3.63, 3.8) is 0 Å². The van der Waals surface area contributed by atoms with E-state index in [-0.39, 0.29) is 5.88 Å². The Morgan fingerprint density at radius 3 is 2.83 bits per heavy atom. The van der Waals surface area contributed by atoms with E-state index in [1.807, 2.05) is 0 Å². The smallest absolute Gasteiger partial charge is 0.248 e. The first-order valence-electron chi connectivity index (χ1n) is 3.18. The molecule has 62 valence electrons. The van der Waals surface area contributed by atoms with E-state index in [1.54, 1.807) is 0 Å². The molecule has 2 heterocycles. The fourth-order valence-corrected chi connectivity index (χ4v) is 0.848. The van der Waals surface area contributed by atoms with Gasteiger partial charge in [0.25, 0.3) is 0 Å². The zero-order valence-electron chi connectivity index (χ0n) is 5.94. The summed E-state index contributed by atoms with van der Waals surface area (Å²) in [5, 5.41) is 7.10. The first kappa shape index (κ1) is 6.84. The van der Waals surface area contributed by atoms with Gasteiger partial charge < -0.3 is 10.3 Å². The van der Waals surface area contributed by atoms with E-state index in [2.05, 4.69) is 14.8 Å². The Kier molecular flexibility index (Phi) is 1.33. The van der Waals surface area contributed by atoms with Crippen molar-refractivity contribution in [2.75, 3.05) is 5.73 Å². The molecule has 2 aromatic heterocycles. The van der Waals surface area contributed by atoms with Gasteiger partial charge in [-0.05, 0) is 0 Å².